The molecule has 0 bridgehead atoms. The number of quaternary nitrogens is 1. The Kier molecular flexibility index (Phi) is 14.6. The van der Waals surface area contributed by atoms with Gasteiger partial charge in [-0.2, -0.15) is 0 Å². The average molecular weight is 817 g/mol. The molecule has 1 saturated heterocycles. The third-order valence-electron chi connectivity index (χ3n) is 12.4. The highest BCUT2D eigenvalue weighted by molar-refractivity contribution is 5.76. The van der Waals surface area contributed by atoms with E-state index in [1.54, 1.807) is 0 Å². The fourth-order valence-electron chi connectivity index (χ4n) is 9.71. The summed E-state index contributed by atoms with van der Waals surface area (Å²) in [4.78, 5) is 31.7. The highest BCUT2D eigenvalue weighted by atomic mass is 17.1. The summed E-state index contributed by atoms with van der Waals surface area (Å²) < 4.78 is 0. The number of aryl methyl sites for hydroxylation is 2. The van der Waals surface area contributed by atoms with E-state index in [1.165, 1.54) is 46.2 Å². The van der Waals surface area contributed by atoms with Gasteiger partial charge in [0.1, 0.15) is 0 Å². The molecule has 324 valence electrons. The standard InChI is InChI=1S/C42H70N15O2/c1-3-27-21-31(29(11-7-17-51-39(43)44)12-8-18-52-40(45)46)23-33-25-55-35-15-5-6-16-36(35)56-26-34-24-32(22-28(4-2)38(34)59-57(55,56)58-37(27)33)30(13-9-19-53-41(47)48)14-10-20-54-42(49)50/h21-24,29-30,35-36H,3-20,25-26H2,1-2H3,(H4,43,44,51)(H4,45,46,52)(H4,47,48,53)(H4,49,50,54)/q+1. The Labute approximate surface area is 349 Å². The molecule has 6 rings (SSSR count). The number of benzene rings is 2. The van der Waals surface area contributed by atoms with Crippen LogP contribution in [0.2, 0.25) is 0 Å². The first-order chi connectivity index (χ1) is 28.4. The van der Waals surface area contributed by atoms with E-state index in [0.29, 0.717) is 38.3 Å². The number of hydrogen-bond donors (Lipinski definition) is 8. The van der Waals surface area contributed by atoms with Gasteiger partial charge in [0.15, 0.2) is 28.9 Å². The molecule has 17 nitrogen and oxygen atoms in total. The summed E-state index contributed by atoms with van der Waals surface area (Å²) in [7, 11) is 0. The maximum absolute atomic E-state index is 7.36. The molecule has 17 heteroatoms. The van der Waals surface area contributed by atoms with E-state index in [4.69, 9.17) is 55.5 Å². The van der Waals surface area contributed by atoms with Crippen molar-refractivity contribution in [3.05, 3.63) is 57.6 Å². The Morgan fingerprint density at radius 2 is 0.915 bits per heavy atom. The summed E-state index contributed by atoms with van der Waals surface area (Å²) >= 11 is 0. The molecule has 0 amide bonds. The molecule has 4 aliphatic rings. The lowest BCUT2D eigenvalue weighted by Crippen LogP contribution is -2.70. The molecule has 3 heterocycles. The van der Waals surface area contributed by atoms with E-state index in [-0.39, 0.29) is 40.7 Å². The van der Waals surface area contributed by atoms with Crippen molar-refractivity contribution < 1.29 is 14.7 Å². The molecule has 3 aliphatic heterocycles. The fraction of sp³-hybridized carbons (Fsp3) is 0.619. The molecule has 0 radical (unpaired) electrons. The Morgan fingerprint density at radius 3 is 1.22 bits per heavy atom. The van der Waals surface area contributed by atoms with Gasteiger partial charge >= 0.3 is 0 Å². The van der Waals surface area contributed by atoms with Gasteiger partial charge in [-0.15, -0.1) is 0 Å². The minimum atomic E-state index is -0.0745. The largest absolute Gasteiger partial charge is 0.370 e. The predicted octanol–water partition coefficient (Wildman–Crippen LogP) is 3.08. The van der Waals surface area contributed by atoms with Crippen LogP contribution in [0.3, 0.4) is 0 Å². The lowest BCUT2D eigenvalue weighted by Gasteiger charge is -2.44. The van der Waals surface area contributed by atoms with Crippen molar-refractivity contribution in [3.8, 4) is 11.5 Å². The maximum Gasteiger partial charge on any atom is 0.209 e. The molecular weight excluding hydrogens is 747 g/mol. The summed E-state index contributed by atoms with van der Waals surface area (Å²) in [5.41, 5.74) is 52.6. The molecule has 2 fully saturated rings. The van der Waals surface area contributed by atoms with Crippen molar-refractivity contribution in [2.75, 3.05) is 26.2 Å². The second-order valence-electron chi connectivity index (χ2n) is 16.5. The van der Waals surface area contributed by atoms with Gasteiger partial charge in [-0.3, -0.25) is 20.0 Å². The number of nitrogens with two attached hydrogens (primary N) is 8. The molecule has 2 atom stereocenters. The molecule has 2 aromatic rings. The molecule has 2 aromatic carbocycles. The van der Waals surface area contributed by atoms with Crippen LogP contribution in [0.25, 0.3) is 0 Å². The van der Waals surface area contributed by atoms with E-state index in [0.717, 1.165) is 102 Å². The van der Waals surface area contributed by atoms with E-state index >= 15 is 0 Å². The first-order valence-electron chi connectivity index (χ1n) is 21.8. The lowest BCUT2D eigenvalue weighted by atomic mass is 9.86. The number of nitrogens with zero attached hydrogens (tertiary/aromatic N) is 7. The summed E-state index contributed by atoms with van der Waals surface area (Å²) in [6, 6.07) is 10.0. The van der Waals surface area contributed by atoms with Crippen molar-refractivity contribution in [1.29, 1.82) is 0 Å². The van der Waals surface area contributed by atoms with E-state index in [2.05, 4.69) is 68.1 Å². The monoisotopic (exact) mass is 817 g/mol. The maximum atomic E-state index is 7.36. The molecular formula is C42H70N15O2+. The molecule has 1 spiro atoms. The van der Waals surface area contributed by atoms with Crippen molar-refractivity contribution in [1.82, 2.24) is 10.0 Å². The van der Waals surface area contributed by atoms with Crippen LogP contribution in [-0.2, 0) is 25.9 Å². The van der Waals surface area contributed by atoms with Gasteiger partial charge in [0, 0.05) is 48.4 Å². The first kappa shape index (κ1) is 43.6. The second-order valence-corrected chi connectivity index (χ2v) is 16.5. The summed E-state index contributed by atoms with van der Waals surface area (Å²) in [5.74, 6) is 2.92. The average Bonchev–Trinajstić information content (AvgIpc) is 3.48. The smallest absolute Gasteiger partial charge is 0.209 e. The van der Waals surface area contributed by atoms with Crippen LogP contribution in [0, 0.1) is 0 Å². The summed E-state index contributed by atoms with van der Waals surface area (Å²) in [5, 5.41) is 4.89. The number of aliphatic imine (C=N–C) groups is 4. The zero-order valence-corrected chi connectivity index (χ0v) is 35.3. The van der Waals surface area contributed by atoms with Crippen molar-refractivity contribution >= 4 is 23.8 Å². The zero-order valence-electron chi connectivity index (χ0n) is 35.3. The minimum Gasteiger partial charge on any atom is -0.370 e. The van der Waals surface area contributed by atoms with Gasteiger partial charge in [-0.05, 0) is 122 Å². The van der Waals surface area contributed by atoms with Crippen LogP contribution >= 0.6 is 0 Å². The van der Waals surface area contributed by atoms with Crippen LogP contribution in [0.5, 0.6) is 11.5 Å². The summed E-state index contributed by atoms with van der Waals surface area (Å²) in [6.07, 6.45) is 13.5. The van der Waals surface area contributed by atoms with Crippen molar-refractivity contribution in [2.24, 2.45) is 65.8 Å². The minimum absolute atomic E-state index is 0.0745. The second kappa shape index (κ2) is 19.8. The van der Waals surface area contributed by atoms with Gasteiger partial charge in [-0.25, -0.2) is 9.68 Å². The normalized spacial score (nSPS) is 20.6. The van der Waals surface area contributed by atoms with Crippen LogP contribution in [0.4, 0.5) is 0 Å². The van der Waals surface area contributed by atoms with Crippen LogP contribution in [-0.4, -0.2) is 77.1 Å². The zero-order chi connectivity index (χ0) is 42.1. The molecule has 2 unspecified atom stereocenters. The van der Waals surface area contributed by atoms with Crippen LogP contribution < -0.4 is 55.5 Å². The summed E-state index contributed by atoms with van der Waals surface area (Å²) in [6.45, 7) is 8.23. The Bertz CT molecular complexity index is 1680. The Balaban J connectivity index is 1.34. The third kappa shape index (κ3) is 10.2. The molecule has 0 aromatic heterocycles. The van der Waals surface area contributed by atoms with Crippen LogP contribution in [0.1, 0.15) is 136 Å². The number of hydrogen-bond acceptors (Lipinski definition) is 8. The van der Waals surface area contributed by atoms with Crippen molar-refractivity contribution in [3.63, 3.8) is 0 Å². The van der Waals surface area contributed by atoms with Gasteiger partial charge in [0.2, 0.25) is 11.5 Å². The van der Waals surface area contributed by atoms with Crippen LogP contribution in [0.15, 0.2) is 44.2 Å². The Morgan fingerprint density at radius 1 is 0.576 bits per heavy atom. The molecule has 1 aliphatic carbocycles. The topological polar surface area (TPSA) is 283 Å². The lowest BCUT2D eigenvalue weighted by molar-refractivity contribution is -1.35. The van der Waals surface area contributed by atoms with E-state index in [1.807, 2.05) is 0 Å². The molecule has 1 saturated carbocycles. The number of rotatable bonds is 20. The number of guanidine groups is 4. The fourth-order valence-corrected chi connectivity index (χ4v) is 9.71. The third-order valence-corrected chi connectivity index (χ3v) is 12.4. The quantitative estimate of drug-likeness (QED) is 0.0414. The highest BCUT2D eigenvalue weighted by Gasteiger charge is 2.69. The first-order valence-corrected chi connectivity index (χ1v) is 21.8. The van der Waals surface area contributed by atoms with Gasteiger partial charge in [-0.1, -0.05) is 38.8 Å². The van der Waals surface area contributed by atoms with E-state index in [9.17, 15) is 0 Å². The molecule has 59 heavy (non-hydrogen) atoms. The highest BCUT2D eigenvalue weighted by Crippen LogP contribution is 2.52. The van der Waals surface area contributed by atoms with E-state index < -0.39 is 0 Å². The van der Waals surface area contributed by atoms with Gasteiger partial charge < -0.3 is 45.9 Å². The Hall–Kier alpha value is -5.00. The van der Waals surface area contributed by atoms with Gasteiger partial charge in [0.25, 0.3) is 0 Å². The van der Waals surface area contributed by atoms with Gasteiger partial charge in [0.05, 0.1) is 25.2 Å². The molecule has 16 N–H and O–H groups in total. The predicted molar refractivity (Wildman–Crippen MR) is 235 cm³/mol. The van der Waals surface area contributed by atoms with Crippen molar-refractivity contribution in [2.45, 2.75) is 141 Å². The SMILES string of the molecule is CCc1cc(C(CCCN=C(N)N)CCCN=C(N)N)cc2c1O[N+]13Oc4c(CC)cc(C(CCCN=C(N)N)CCCN=C(N)N)cc4CN1C1CCCCC1N3C2. The number of fused-ring (bicyclic) bond motifs is 5.